The highest BCUT2D eigenvalue weighted by Gasteiger charge is 2.30. The summed E-state index contributed by atoms with van der Waals surface area (Å²) in [5, 5.41) is 4.60. The fourth-order valence-electron chi connectivity index (χ4n) is 3.33. The first-order chi connectivity index (χ1) is 13.2. The van der Waals surface area contributed by atoms with Crippen molar-refractivity contribution in [2.45, 2.75) is 24.1 Å². The van der Waals surface area contributed by atoms with Gasteiger partial charge >= 0.3 is 0 Å². The molecule has 3 aromatic rings. The molecule has 28 heavy (non-hydrogen) atoms. The van der Waals surface area contributed by atoms with Crippen LogP contribution in [-0.2, 0) is 22.8 Å². The molecule has 6 nitrogen and oxygen atoms in total. The summed E-state index contributed by atoms with van der Waals surface area (Å²) in [5.41, 5.74) is 3.37. The van der Waals surface area contributed by atoms with Gasteiger partial charge in [0.05, 0.1) is 17.1 Å². The van der Waals surface area contributed by atoms with Gasteiger partial charge in [-0.25, -0.2) is 8.42 Å². The molecule has 8 heteroatoms. The van der Waals surface area contributed by atoms with Crippen molar-refractivity contribution in [3.8, 4) is 16.9 Å². The number of sulfone groups is 1. The minimum absolute atomic E-state index is 0.00934. The predicted octanol–water partition coefficient (Wildman–Crippen LogP) is 2.66. The number of aromatic nitrogens is 2. The number of fused-ring (bicyclic) bond motifs is 3. The molecule has 0 amide bonds. The maximum Gasteiger partial charge on any atom is 0.271 e. The standard InChI is InChI=1S/C20H21N3O3S2/c1-13-4-6-15(7-5-13)23-18(24)10-14-8-9-28(25,26)20-17(19(14)21-23)11-16(27-20)12-22(2)3/h4-7,10-11H,8-9,12H2,1-3H3. The summed E-state index contributed by atoms with van der Waals surface area (Å²) in [6.45, 7) is 2.63. The normalized spacial score (nSPS) is 15.1. The largest absolute Gasteiger partial charge is 0.304 e. The Balaban J connectivity index is 1.94. The number of aryl methyl sites for hydroxylation is 2. The molecule has 0 spiro atoms. The third-order valence-electron chi connectivity index (χ3n) is 4.69. The highest BCUT2D eigenvalue weighted by molar-refractivity contribution is 7.93. The van der Waals surface area contributed by atoms with Gasteiger partial charge in [-0.1, -0.05) is 17.7 Å². The summed E-state index contributed by atoms with van der Waals surface area (Å²) in [5.74, 6) is -0.00934. The van der Waals surface area contributed by atoms with Crippen LogP contribution in [0.25, 0.3) is 16.9 Å². The average molecular weight is 416 g/mol. The van der Waals surface area contributed by atoms with Crippen molar-refractivity contribution < 1.29 is 8.42 Å². The fourth-order valence-corrected chi connectivity index (χ4v) is 6.57. The van der Waals surface area contributed by atoms with Gasteiger partial charge in [0.2, 0.25) is 0 Å². The molecule has 0 radical (unpaired) electrons. The van der Waals surface area contributed by atoms with Gasteiger partial charge in [0.15, 0.2) is 9.84 Å². The molecule has 0 bridgehead atoms. The number of rotatable bonds is 3. The highest BCUT2D eigenvalue weighted by Crippen LogP contribution is 2.39. The molecule has 2 aromatic heterocycles. The molecule has 1 aromatic carbocycles. The number of thiophene rings is 1. The Hall–Kier alpha value is -2.29. The van der Waals surface area contributed by atoms with Gasteiger partial charge in [-0.15, -0.1) is 11.3 Å². The Morgan fingerprint density at radius 2 is 1.89 bits per heavy atom. The van der Waals surface area contributed by atoms with Crippen LogP contribution in [0.5, 0.6) is 0 Å². The molecule has 1 aliphatic heterocycles. The van der Waals surface area contributed by atoms with E-state index in [4.69, 9.17) is 0 Å². The molecule has 0 atom stereocenters. The van der Waals surface area contributed by atoms with Crippen molar-refractivity contribution in [3.63, 3.8) is 0 Å². The Labute approximate surface area is 168 Å². The lowest BCUT2D eigenvalue weighted by Crippen LogP contribution is -2.22. The van der Waals surface area contributed by atoms with E-state index in [-0.39, 0.29) is 11.3 Å². The molecular formula is C20H21N3O3S2. The number of hydrogen-bond donors (Lipinski definition) is 0. The third-order valence-corrected chi connectivity index (χ3v) is 8.14. The molecule has 0 saturated carbocycles. The van der Waals surface area contributed by atoms with Gasteiger partial charge in [0.25, 0.3) is 5.56 Å². The molecule has 0 aliphatic carbocycles. The quantitative estimate of drug-likeness (QED) is 0.658. The summed E-state index contributed by atoms with van der Waals surface area (Å²) in [4.78, 5) is 15.6. The summed E-state index contributed by atoms with van der Waals surface area (Å²) < 4.78 is 27.3. The van der Waals surface area contributed by atoms with Crippen LogP contribution >= 0.6 is 11.3 Å². The van der Waals surface area contributed by atoms with Crippen LogP contribution < -0.4 is 5.56 Å². The van der Waals surface area contributed by atoms with Crippen LogP contribution in [0.3, 0.4) is 0 Å². The van der Waals surface area contributed by atoms with E-state index in [9.17, 15) is 13.2 Å². The second-order valence-electron chi connectivity index (χ2n) is 7.32. The molecule has 4 rings (SSSR count). The van der Waals surface area contributed by atoms with E-state index < -0.39 is 9.84 Å². The van der Waals surface area contributed by atoms with E-state index in [2.05, 4.69) is 5.10 Å². The zero-order chi connectivity index (χ0) is 20.1. The summed E-state index contributed by atoms with van der Waals surface area (Å²) >= 11 is 1.30. The SMILES string of the molecule is Cc1ccc(-n2nc3c(cc2=O)CCS(=O)(=O)c2sc(CN(C)C)cc2-3)cc1. The second kappa shape index (κ2) is 6.95. The fraction of sp³-hybridized carbons (Fsp3) is 0.300. The third kappa shape index (κ3) is 3.43. The van der Waals surface area contributed by atoms with Crippen molar-refractivity contribution in [2.75, 3.05) is 19.8 Å². The van der Waals surface area contributed by atoms with Crippen LogP contribution in [0.15, 0.2) is 45.4 Å². The molecule has 3 heterocycles. The first kappa shape index (κ1) is 19.0. The first-order valence-corrected chi connectivity index (χ1v) is 11.4. The molecule has 0 saturated heterocycles. The van der Waals surface area contributed by atoms with Crippen molar-refractivity contribution in [1.82, 2.24) is 14.7 Å². The lowest BCUT2D eigenvalue weighted by molar-refractivity contribution is 0.406. The predicted molar refractivity (Wildman–Crippen MR) is 111 cm³/mol. The van der Waals surface area contributed by atoms with E-state index in [0.717, 1.165) is 10.4 Å². The molecule has 0 N–H and O–H groups in total. The minimum atomic E-state index is -3.41. The minimum Gasteiger partial charge on any atom is -0.304 e. The lowest BCUT2D eigenvalue weighted by Gasteiger charge is -2.10. The van der Waals surface area contributed by atoms with Gasteiger partial charge in [-0.2, -0.15) is 9.78 Å². The zero-order valence-corrected chi connectivity index (χ0v) is 17.6. The molecule has 1 aliphatic rings. The van der Waals surface area contributed by atoms with Crippen molar-refractivity contribution in [3.05, 3.63) is 62.8 Å². The van der Waals surface area contributed by atoms with Crippen LogP contribution in [0.4, 0.5) is 0 Å². The average Bonchev–Trinajstić information content (AvgIpc) is 3.01. The van der Waals surface area contributed by atoms with E-state index in [1.165, 1.54) is 22.1 Å². The van der Waals surface area contributed by atoms with Crippen LogP contribution in [0.1, 0.15) is 16.0 Å². The maximum absolute atomic E-state index is 12.8. The van der Waals surface area contributed by atoms with Gasteiger partial charge in [-0.3, -0.25) is 4.79 Å². The van der Waals surface area contributed by atoms with E-state index in [0.29, 0.717) is 39.7 Å². The molecular weight excluding hydrogens is 394 g/mol. The van der Waals surface area contributed by atoms with Crippen LogP contribution in [0.2, 0.25) is 0 Å². The molecule has 0 fully saturated rings. The van der Waals surface area contributed by atoms with Crippen LogP contribution in [-0.4, -0.2) is 42.9 Å². The van der Waals surface area contributed by atoms with E-state index >= 15 is 0 Å². The van der Waals surface area contributed by atoms with E-state index in [1.807, 2.05) is 56.3 Å². The number of benzene rings is 1. The Morgan fingerprint density at radius 3 is 2.57 bits per heavy atom. The summed E-state index contributed by atoms with van der Waals surface area (Å²) in [6, 6.07) is 11.0. The van der Waals surface area contributed by atoms with Gasteiger partial charge in [0.1, 0.15) is 4.21 Å². The topological polar surface area (TPSA) is 72.3 Å². The highest BCUT2D eigenvalue weighted by atomic mass is 32.2. The lowest BCUT2D eigenvalue weighted by atomic mass is 10.1. The van der Waals surface area contributed by atoms with Crippen molar-refractivity contribution in [1.29, 1.82) is 0 Å². The van der Waals surface area contributed by atoms with Crippen molar-refractivity contribution in [2.24, 2.45) is 0 Å². The molecule has 0 unspecified atom stereocenters. The van der Waals surface area contributed by atoms with Crippen LogP contribution in [0, 0.1) is 6.92 Å². The monoisotopic (exact) mass is 415 g/mol. The first-order valence-electron chi connectivity index (χ1n) is 8.95. The summed E-state index contributed by atoms with van der Waals surface area (Å²) in [7, 11) is 0.482. The smallest absolute Gasteiger partial charge is 0.271 e. The second-order valence-corrected chi connectivity index (χ2v) is 10.8. The zero-order valence-electron chi connectivity index (χ0n) is 16.0. The Morgan fingerprint density at radius 1 is 1.18 bits per heavy atom. The number of hydrogen-bond acceptors (Lipinski definition) is 6. The van der Waals surface area contributed by atoms with Gasteiger partial charge in [-0.05, 0) is 51.2 Å². The maximum atomic E-state index is 12.8. The van der Waals surface area contributed by atoms with Gasteiger partial charge in [0, 0.05) is 23.1 Å². The molecule has 146 valence electrons. The van der Waals surface area contributed by atoms with Gasteiger partial charge < -0.3 is 4.90 Å². The number of nitrogens with zero attached hydrogens (tertiary/aromatic N) is 3. The van der Waals surface area contributed by atoms with E-state index in [1.54, 1.807) is 0 Å². The Kier molecular flexibility index (Phi) is 4.73. The van der Waals surface area contributed by atoms with Crippen molar-refractivity contribution >= 4 is 21.2 Å². The Bertz CT molecular complexity index is 1210. The summed E-state index contributed by atoms with van der Waals surface area (Å²) in [6.07, 6.45) is 0.291.